The van der Waals surface area contributed by atoms with Crippen LogP contribution in [-0.2, 0) is 6.42 Å². The van der Waals surface area contributed by atoms with Crippen molar-refractivity contribution < 1.29 is 4.74 Å². The third kappa shape index (κ3) is 2.91. The summed E-state index contributed by atoms with van der Waals surface area (Å²) in [5, 5.41) is 3.82. The molecule has 0 radical (unpaired) electrons. The average Bonchev–Trinajstić information content (AvgIpc) is 2.43. The summed E-state index contributed by atoms with van der Waals surface area (Å²) >= 11 is 12.1. The van der Waals surface area contributed by atoms with Crippen molar-refractivity contribution in [3.8, 4) is 11.6 Å². The van der Waals surface area contributed by atoms with Gasteiger partial charge in [0.2, 0.25) is 5.88 Å². The van der Waals surface area contributed by atoms with Gasteiger partial charge in [0.25, 0.3) is 0 Å². The van der Waals surface area contributed by atoms with Gasteiger partial charge < -0.3 is 10.1 Å². The van der Waals surface area contributed by atoms with Gasteiger partial charge in [0.15, 0.2) is 0 Å². The monoisotopic (exact) mass is 297 g/mol. The lowest BCUT2D eigenvalue weighted by Crippen LogP contribution is -2.02. The van der Waals surface area contributed by atoms with Crippen molar-refractivity contribution >= 4 is 29.0 Å². The number of ether oxygens (including phenoxy) is 1. The molecule has 1 aromatic heterocycles. The number of anilines is 1. The molecule has 0 spiro atoms. The first kappa shape index (κ1) is 13.9. The van der Waals surface area contributed by atoms with Crippen LogP contribution in [0.15, 0.2) is 24.5 Å². The molecule has 2 rings (SSSR count). The number of hydrogen-bond donors (Lipinski definition) is 1. The predicted octanol–water partition coefficient (Wildman–Crippen LogP) is 4.18. The number of aromatic nitrogens is 2. The minimum atomic E-state index is 0.371. The van der Waals surface area contributed by atoms with Crippen molar-refractivity contribution in [3.05, 3.63) is 40.1 Å². The summed E-state index contributed by atoms with van der Waals surface area (Å²) in [5.41, 5.74) is 0.890. The zero-order valence-corrected chi connectivity index (χ0v) is 12.1. The van der Waals surface area contributed by atoms with Crippen LogP contribution in [0.1, 0.15) is 12.5 Å². The van der Waals surface area contributed by atoms with Gasteiger partial charge in [0, 0.05) is 7.05 Å². The fraction of sp³-hybridized carbons (Fsp3) is 0.231. The van der Waals surface area contributed by atoms with E-state index in [2.05, 4.69) is 15.3 Å². The Hall–Kier alpha value is -1.52. The van der Waals surface area contributed by atoms with Crippen LogP contribution < -0.4 is 10.1 Å². The second kappa shape index (κ2) is 6.08. The molecule has 0 aliphatic carbocycles. The molecule has 1 N–H and O–H groups in total. The number of halogens is 2. The Morgan fingerprint density at radius 1 is 1.26 bits per heavy atom. The molecule has 0 bridgehead atoms. The van der Waals surface area contributed by atoms with Crippen LogP contribution in [0.3, 0.4) is 0 Å². The Bertz CT molecular complexity index is 590. The van der Waals surface area contributed by atoms with E-state index in [1.807, 2.05) is 6.92 Å². The molecule has 0 fully saturated rings. The third-order valence-electron chi connectivity index (χ3n) is 2.62. The molecule has 0 aliphatic heterocycles. The van der Waals surface area contributed by atoms with E-state index in [0.717, 1.165) is 17.8 Å². The maximum atomic E-state index is 6.10. The molecule has 2 aromatic rings. The highest BCUT2D eigenvalue weighted by Crippen LogP contribution is 2.35. The van der Waals surface area contributed by atoms with Gasteiger partial charge in [-0.15, -0.1) is 0 Å². The second-order valence-electron chi connectivity index (χ2n) is 3.76. The molecule has 0 aliphatic rings. The maximum absolute atomic E-state index is 6.10. The zero-order chi connectivity index (χ0) is 13.8. The smallest absolute Gasteiger partial charge is 0.227 e. The standard InChI is InChI=1S/C13H13Cl2N3O/c1-3-8-12(16-2)17-7-18-13(8)19-10-6-4-5-9(14)11(10)15/h4-7H,3H2,1-2H3,(H,16,17,18). The van der Waals surface area contributed by atoms with Crippen molar-refractivity contribution in [1.82, 2.24) is 9.97 Å². The molecule has 0 saturated heterocycles. The molecular weight excluding hydrogens is 285 g/mol. The highest BCUT2D eigenvalue weighted by molar-refractivity contribution is 6.42. The van der Waals surface area contributed by atoms with Gasteiger partial charge in [-0.2, -0.15) is 0 Å². The van der Waals surface area contributed by atoms with E-state index in [1.165, 1.54) is 6.33 Å². The van der Waals surface area contributed by atoms with Crippen molar-refractivity contribution in [2.24, 2.45) is 0 Å². The Morgan fingerprint density at radius 2 is 2.05 bits per heavy atom. The summed E-state index contributed by atoms with van der Waals surface area (Å²) < 4.78 is 5.75. The van der Waals surface area contributed by atoms with Crippen LogP contribution in [0.25, 0.3) is 0 Å². The first-order valence-corrected chi connectivity index (χ1v) is 6.56. The molecule has 4 nitrogen and oxygen atoms in total. The maximum Gasteiger partial charge on any atom is 0.227 e. The van der Waals surface area contributed by atoms with Gasteiger partial charge >= 0.3 is 0 Å². The van der Waals surface area contributed by atoms with E-state index in [9.17, 15) is 0 Å². The van der Waals surface area contributed by atoms with Crippen LogP contribution in [0.5, 0.6) is 11.6 Å². The lowest BCUT2D eigenvalue weighted by atomic mass is 10.2. The summed E-state index contributed by atoms with van der Waals surface area (Å²) in [5.74, 6) is 1.70. The van der Waals surface area contributed by atoms with E-state index >= 15 is 0 Å². The Labute approximate surface area is 121 Å². The van der Waals surface area contributed by atoms with Gasteiger partial charge in [-0.3, -0.25) is 0 Å². The quantitative estimate of drug-likeness (QED) is 0.919. The van der Waals surface area contributed by atoms with E-state index in [1.54, 1.807) is 25.2 Å². The SMILES string of the molecule is CCc1c(NC)ncnc1Oc1cccc(Cl)c1Cl. The molecule has 6 heteroatoms. The Kier molecular flexibility index (Phi) is 4.45. The summed E-state index contributed by atoms with van der Waals surface area (Å²) in [6.45, 7) is 2.01. The van der Waals surface area contributed by atoms with E-state index in [0.29, 0.717) is 21.7 Å². The number of hydrogen-bond acceptors (Lipinski definition) is 4. The van der Waals surface area contributed by atoms with Gasteiger partial charge in [0.1, 0.15) is 22.9 Å². The largest absolute Gasteiger partial charge is 0.437 e. The van der Waals surface area contributed by atoms with Crippen molar-refractivity contribution in [2.75, 3.05) is 12.4 Å². The molecular formula is C13H13Cl2N3O. The molecule has 1 heterocycles. The number of nitrogens with zero attached hydrogens (tertiary/aromatic N) is 2. The Morgan fingerprint density at radius 3 is 2.74 bits per heavy atom. The second-order valence-corrected chi connectivity index (χ2v) is 4.55. The highest BCUT2D eigenvalue weighted by atomic mass is 35.5. The molecule has 19 heavy (non-hydrogen) atoms. The summed E-state index contributed by atoms with van der Waals surface area (Å²) in [6.07, 6.45) is 2.18. The van der Waals surface area contributed by atoms with Gasteiger partial charge in [-0.1, -0.05) is 36.2 Å². The topological polar surface area (TPSA) is 47.0 Å². The normalized spacial score (nSPS) is 10.3. The van der Waals surface area contributed by atoms with E-state index < -0.39 is 0 Å². The average molecular weight is 298 g/mol. The van der Waals surface area contributed by atoms with Crippen molar-refractivity contribution in [2.45, 2.75) is 13.3 Å². The minimum Gasteiger partial charge on any atom is -0.437 e. The predicted molar refractivity (Wildman–Crippen MR) is 77.5 cm³/mol. The van der Waals surface area contributed by atoms with Crippen LogP contribution in [-0.4, -0.2) is 17.0 Å². The summed E-state index contributed by atoms with van der Waals surface area (Å²) in [6, 6.07) is 5.22. The van der Waals surface area contributed by atoms with Crippen LogP contribution in [0, 0.1) is 0 Å². The highest BCUT2D eigenvalue weighted by Gasteiger charge is 2.13. The number of benzene rings is 1. The first-order chi connectivity index (χ1) is 9.17. The zero-order valence-electron chi connectivity index (χ0n) is 10.6. The number of rotatable bonds is 4. The minimum absolute atomic E-state index is 0.371. The van der Waals surface area contributed by atoms with Crippen LogP contribution >= 0.6 is 23.2 Å². The molecule has 1 aromatic carbocycles. The van der Waals surface area contributed by atoms with Crippen LogP contribution in [0.2, 0.25) is 10.0 Å². The van der Waals surface area contributed by atoms with E-state index in [-0.39, 0.29) is 0 Å². The van der Waals surface area contributed by atoms with Crippen molar-refractivity contribution in [1.29, 1.82) is 0 Å². The lowest BCUT2D eigenvalue weighted by Gasteiger charge is -2.12. The van der Waals surface area contributed by atoms with Gasteiger partial charge in [-0.25, -0.2) is 9.97 Å². The van der Waals surface area contributed by atoms with Crippen LogP contribution in [0.4, 0.5) is 5.82 Å². The molecule has 100 valence electrons. The fourth-order valence-electron chi connectivity index (χ4n) is 1.69. The summed E-state index contributed by atoms with van der Waals surface area (Å²) in [4.78, 5) is 8.30. The van der Waals surface area contributed by atoms with E-state index in [4.69, 9.17) is 27.9 Å². The fourth-order valence-corrected chi connectivity index (χ4v) is 2.02. The third-order valence-corrected chi connectivity index (χ3v) is 3.42. The van der Waals surface area contributed by atoms with Crippen molar-refractivity contribution in [3.63, 3.8) is 0 Å². The lowest BCUT2D eigenvalue weighted by molar-refractivity contribution is 0.456. The molecule has 0 saturated carbocycles. The Balaban J connectivity index is 2.41. The van der Waals surface area contributed by atoms with Gasteiger partial charge in [-0.05, 0) is 18.6 Å². The van der Waals surface area contributed by atoms with Gasteiger partial charge in [0.05, 0.1) is 10.6 Å². The number of nitrogens with one attached hydrogen (secondary N) is 1. The molecule has 0 amide bonds. The first-order valence-electron chi connectivity index (χ1n) is 5.80. The summed E-state index contributed by atoms with van der Waals surface area (Å²) in [7, 11) is 1.80. The molecule has 0 unspecified atom stereocenters. The molecule has 0 atom stereocenters.